The number of Topliss-reactive ketones (excluding diaryl/α,β-unsaturated/α-hetero) is 1. The van der Waals surface area contributed by atoms with Crippen molar-refractivity contribution in [2.75, 3.05) is 13.2 Å². The second-order valence-corrected chi connectivity index (χ2v) is 7.35. The summed E-state index contributed by atoms with van der Waals surface area (Å²) < 4.78 is 11.1. The van der Waals surface area contributed by atoms with Crippen molar-refractivity contribution in [3.63, 3.8) is 0 Å². The summed E-state index contributed by atoms with van der Waals surface area (Å²) in [6.07, 6.45) is 5.49. The van der Waals surface area contributed by atoms with E-state index in [1.165, 1.54) is 0 Å². The second kappa shape index (κ2) is 8.95. The smallest absolute Gasteiger partial charge is 0.336 e. The highest BCUT2D eigenvalue weighted by molar-refractivity contribution is 6.03. The number of hydrogen-bond acceptors (Lipinski definition) is 6. The number of rotatable bonds is 6. The number of aromatic nitrogens is 1. The zero-order valence-corrected chi connectivity index (χ0v) is 16.9. The van der Waals surface area contributed by atoms with Crippen LogP contribution in [-0.2, 0) is 14.3 Å². The Morgan fingerprint density at radius 2 is 1.97 bits per heavy atom. The minimum atomic E-state index is -0.467. The van der Waals surface area contributed by atoms with Crippen LogP contribution in [0.3, 0.4) is 0 Å². The number of ketones is 1. The number of ether oxygens (including phenoxy) is 2. The van der Waals surface area contributed by atoms with Crippen molar-refractivity contribution in [3.8, 4) is 5.75 Å². The van der Waals surface area contributed by atoms with Gasteiger partial charge in [0.1, 0.15) is 19.0 Å². The predicted molar refractivity (Wildman–Crippen MR) is 112 cm³/mol. The monoisotopic (exact) mass is 404 g/mol. The van der Waals surface area contributed by atoms with Crippen molar-refractivity contribution in [2.24, 2.45) is 0 Å². The van der Waals surface area contributed by atoms with Crippen molar-refractivity contribution in [3.05, 3.63) is 83.0 Å². The zero-order valence-electron chi connectivity index (χ0n) is 16.9. The molecule has 2 aliphatic rings. The maximum absolute atomic E-state index is 13.1. The molecule has 1 aliphatic heterocycles. The highest BCUT2D eigenvalue weighted by atomic mass is 16.6. The molecule has 1 N–H and O–H groups in total. The van der Waals surface area contributed by atoms with E-state index in [9.17, 15) is 9.59 Å². The summed E-state index contributed by atoms with van der Waals surface area (Å²) in [6.45, 7) is 2.22. The van der Waals surface area contributed by atoms with E-state index >= 15 is 0 Å². The molecule has 30 heavy (non-hydrogen) atoms. The summed E-state index contributed by atoms with van der Waals surface area (Å²) in [5.41, 5.74) is 3.55. The molecule has 0 unspecified atom stereocenters. The Kier molecular flexibility index (Phi) is 5.93. The number of pyridine rings is 1. The van der Waals surface area contributed by atoms with Crippen LogP contribution in [0.4, 0.5) is 0 Å². The Morgan fingerprint density at radius 1 is 1.13 bits per heavy atom. The average molecular weight is 404 g/mol. The van der Waals surface area contributed by atoms with Crippen molar-refractivity contribution >= 4 is 11.8 Å². The number of para-hydroxylation sites is 1. The van der Waals surface area contributed by atoms with Gasteiger partial charge in [-0.3, -0.25) is 9.78 Å². The van der Waals surface area contributed by atoms with Gasteiger partial charge < -0.3 is 14.8 Å². The van der Waals surface area contributed by atoms with Gasteiger partial charge in [-0.25, -0.2) is 4.79 Å². The summed E-state index contributed by atoms with van der Waals surface area (Å²) in [5.74, 6) is -0.123. The van der Waals surface area contributed by atoms with E-state index in [0.717, 1.165) is 29.9 Å². The van der Waals surface area contributed by atoms with Gasteiger partial charge in [-0.15, -0.1) is 0 Å². The summed E-state index contributed by atoms with van der Waals surface area (Å²) in [6, 6.07) is 13.1. The Hall–Kier alpha value is -3.41. The summed E-state index contributed by atoms with van der Waals surface area (Å²) in [4.78, 5) is 30.0. The topological polar surface area (TPSA) is 77.5 Å². The number of hydrogen-bond donors (Lipinski definition) is 1. The van der Waals surface area contributed by atoms with Crippen molar-refractivity contribution in [1.29, 1.82) is 0 Å². The van der Waals surface area contributed by atoms with Crippen LogP contribution >= 0.6 is 0 Å². The van der Waals surface area contributed by atoms with E-state index in [4.69, 9.17) is 9.47 Å². The highest BCUT2D eigenvalue weighted by Crippen LogP contribution is 2.42. The van der Waals surface area contributed by atoms with Gasteiger partial charge in [-0.1, -0.05) is 24.3 Å². The molecule has 4 rings (SSSR count). The molecule has 2 heterocycles. The molecule has 1 aromatic carbocycles. The van der Waals surface area contributed by atoms with Gasteiger partial charge >= 0.3 is 5.97 Å². The normalized spacial score (nSPS) is 18.6. The summed E-state index contributed by atoms with van der Waals surface area (Å²) >= 11 is 0. The Morgan fingerprint density at radius 3 is 2.73 bits per heavy atom. The average Bonchev–Trinajstić information content (AvgIpc) is 2.77. The number of carbonyl (C=O) groups is 2. The Labute approximate surface area is 175 Å². The maximum atomic E-state index is 13.1. The molecular weight excluding hydrogens is 380 g/mol. The molecular formula is C24H24N2O4. The fraction of sp³-hybridized carbons (Fsp3) is 0.292. The fourth-order valence-electron chi connectivity index (χ4n) is 4.02. The van der Waals surface area contributed by atoms with Crippen LogP contribution < -0.4 is 10.1 Å². The largest absolute Gasteiger partial charge is 0.490 e. The molecule has 6 heteroatoms. The number of allylic oxidation sites excluding steroid dienone is 3. The van der Waals surface area contributed by atoms with Crippen LogP contribution in [0.5, 0.6) is 5.75 Å². The number of nitrogens with one attached hydrogen (secondary N) is 1. The molecule has 1 aromatic heterocycles. The van der Waals surface area contributed by atoms with Crippen molar-refractivity contribution < 1.29 is 19.1 Å². The lowest BCUT2D eigenvalue weighted by Crippen LogP contribution is -2.34. The molecule has 154 valence electrons. The molecule has 0 spiro atoms. The summed E-state index contributed by atoms with van der Waals surface area (Å²) in [7, 11) is 0. The first-order valence-electron chi connectivity index (χ1n) is 10.1. The summed E-state index contributed by atoms with van der Waals surface area (Å²) in [5, 5.41) is 3.28. The van der Waals surface area contributed by atoms with Crippen LogP contribution in [0.25, 0.3) is 0 Å². The zero-order chi connectivity index (χ0) is 20.9. The quantitative estimate of drug-likeness (QED) is 0.585. The van der Waals surface area contributed by atoms with Crippen molar-refractivity contribution in [2.45, 2.75) is 32.1 Å². The number of nitrogens with zero attached hydrogens (tertiary/aromatic N) is 1. The third kappa shape index (κ3) is 4.13. The molecule has 0 amide bonds. The van der Waals surface area contributed by atoms with Gasteiger partial charge in [0, 0.05) is 41.7 Å². The molecule has 6 nitrogen and oxygen atoms in total. The first-order valence-corrected chi connectivity index (χ1v) is 10.1. The number of benzene rings is 1. The van der Waals surface area contributed by atoms with Gasteiger partial charge in [-0.2, -0.15) is 0 Å². The third-order valence-corrected chi connectivity index (χ3v) is 5.34. The van der Waals surface area contributed by atoms with Crippen LogP contribution in [0.15, 0.2) is 77.4 Å². The number of carbonyl (C=O) groups excluding carboxylic acids is 2. The molecule has 1 atom stereocenters. The van der Waals surface area contributed by atoms with E-state index in [1.54, 1.807) is 12.4 Å². The molecule has 1 aliphatic carbocycles. The van der Waals surface area contributed by atoms with E-state index in [2.05, 4.69) is 10.3 Å². The van der Waals surface area contributed by atoms with Gasteiger partial charge in [0.15, 0.2) is 5.78 Å². The number of dihydropyridines is 1. The second-order valence-electron chi connectivity index (χ2n) is 7.35. The van der Waals surface area contributed by atoms with Crippen molar-refractivity contribution in [1.82, 2.24) is 10.3 Å². The lowest BCUT2D eigenvalue weighted by atomic mass is 9.75. The van der Waals surface area contributed by atoms with Gasteiger partial charge in [0.05, 0.1) is 5.57 Å². The molecule has 0 saturated heterocycles. The van der Waals surface area contributed by atoms with Crippen LogP contribution in [0.1, 0.15) is 37.7 Å². The maximum Gasteiger partial charge on any atom is 0.336 e. The van der Waals surface area contributed by atoms with Crippen LogP contribution in [0, 0.1) is 0 Å². The SMILES string of the molecule is CC1=C(C(=O)OCCOc2ccccc2)[C@H](c2cccnc2)C2=C(CCCC2=O)N1. The lowest BCUT2D eigenvalue weighted by Gasteiger charge is -2.34. The molecule has 2 aromatic rings. The third-order valence-electron chi connectivity index (χ3n) is 5.34. The minimum absolute atomic E-state index is 0.0720. The van der Waals surface area contributed by atoms with Crippen LogP contribution in [0.2, 0.25) is 0 Å². The van der Waals surface area contributed by atoms with E-state index in [1.807, 2.05) is 49.4 Å². The van der Waals surface area contributed by atoms with E-state index in [0.29, 0.717) is 23.3 Å². The lowest BCUT2D eigenvalue weighted by molar-refractivity contribution is -0.140. The Bertz CT molecular complexity index is 996. The minimum Gasteiger partial charge on any atom is -0.490 e. The fourth-order valence-corrected chi connectivity index (χ4v) is 4.02. The highest BCUT2D eigenvalue weighted by Gasteiger charge is 2.39. The molecule has 0 radical (unpaired) electrons. The van der Waals surface area contributed by atoms with Gasteiger partial charge in [0.2, 0.25) is 0 Å². The predicted octanol–water partition coefficient (Wildman–Crippen LogP) is 3.67. The van der Waals surface area contributed by atoms with Crippen LogP contribution in [-0.4, -0.2) is 30.0 Å². The first kappa shape index (κ1) is 19.9. The number of esters is 1. The standard InChI is InChI=1S/C24H24N2O4/c1-16-21(24(28)30-14-13-29-18-8-3-2-4-9-18)22(17-7-6-12-25-15-17)23-19(26-16)10-5-11-20(23)27/h2-4,6-9,12,15,22,26H,5,10-11,13-14H2,1H3/t22-/m0/s1. The first-order chi connectivity index (χ1) is 14.6. The molecule has 0 fully saturated rings. The Balaban J connectivity index is 1.54. The van der Waals surface area contributed by atoms with E-state index in [-0.39, 0.29) is 19.0 Å². The molecule has 0 saturated carbocycles. The van der Waals surface area contributed by atoms with Gasteiger partial charge in [-0.05, 0) is 43.5 Å². The van der Waals surface area contributed by atoms with Gasteiger partial charge in [0.25, 0.3) is 0 Å². The van der Waals surface area contributed by atoms with E-state index < -0.39 is 11.9 Å². The molecule has 0 bridgehead atoms.